The van der Waals surface area contributed by atoms with Gasteiger partial charge in [0.25, 0.3) is 0 Å². The van der Waals surface area contributed by atoms with Crippen LogP contribution in [0.3, 0.4) is 0 Å². The Labute approximate surface area is 108 Å². The van der Waals surface area contributed by atoms with Crippen molar-refractivity contribution in [2.24, 2.45) is 5.92 Å². The molecule has 0 aromatic heterocycles. The first-order valence-electron chi connectivity index (χ1n) is 6.50. The predicted molar refractivity (Wildman–Crippen MR) is 74.8 cm³/mol. The third-order valence-electron chi connectivity index (χ3n) is 3.32. The fraction of sp³-hybridized carbons (Fsp3) is 0.500. The number of carbonyl (C=O) groups excluding carboxylic acids is 1. The first kappa shape index (κ1) is 12.9. The minimum absolute atomic E-state index is 0.0395. The van der Waals surface area contributed by atoms with Gasteiger partial charge in [-0.15, -0.1) is 0 Å². The molecule has 0 spiro atoms. The maximum Gasteiger partial charge on any atom is 0.221 e. The summed E-state index contributed by atoms with van der Waals surface area (Å²) in [4.78, 5) is 11.0. The topological polar surface area (TPSA) is 53.2 Å². The quantitative estimate of drug-likeness (QED) is 0.766. The number of piperidine rings is 1. The molecule has 1 aliphatic rings. The van der Waals surface area contributed by atoms with Gasteiger partial charge in [0.1, 0.15) is 0 Å². The molecule has 1 saturated heterocycles. The van der Waals surface area contributed by atoms with Gasteiger partial charge in [-0.1, -0.05) is 13.0 Å². The molecule has 1 aromatic carbocycles. The molecular formula is C14H21N3O. The molecule has 1 heterocycles. The van der Waals surface area contributed by atoms with Gasteiger partial charge < -0.3 is 16.0 Å². The van der Waals surface area contributed by atoms with Gasteiger partial charge in [-0.05, 0) is 43.6 Å². The van der Waals surface area contributed by atoms with E-state index in [2.05, 4.69) is 22.9 Å². The second-order valence-electron chi connectivity index (χ2n) is 4.98. The van der Waals surface area contributed by atoms with Crippen LogP contribution in [-0.2, 0) is 4.79 Å². The van der Waals surface area contributed by atoms with Gasteiger partial charge in [0, 0.05) is 24.3 Å². The smallest absolute Gasteiger partial charge is 0.221 e. The summed E-state index contributed by atoms with van der Waals surface area (Å²) in [5, 5.41) is 9.75. The highest BCUT2D eigenvalue weighted by molar-refractivity contribution is 5.89. The highest BCUT2D eigenvalue weighted by Gasteiger charge is 2.20. The van der Waals surface area contributed by atoms with Crippen molar-refractivity contribution in [1.82, 2.24) is 5.32 Å². The minimum Gasteiger partial charge on any atom is -0.382 e. The van der Waals surface area contributed by atoms with E-state index in [0.717, 1.165) is 30.9 Å². The molecule has 98 valence electrons. The van der Waals surface area contributed by atoms with Crippen molar-refractivity contribution in [2.75, 3.05) is 23.7 Å². The van der Waals surface area contributed by atoms with Crippen LogP contribution in [-0.4, -0.2) is 25.0 Å². The van der Waals surface area contributed by atoms with E-state index in [-0.39, 0.29) is 5.91 Å². The Kier molecular flexibility index (Phi) is 4.20. The molecule has 3 N–H and O–H groups in total. The van der Waals surface area contributed by atoms with E-state index in [4.69, 9.17) is 0 Å². The van der Waals surface area contributed by atoms with Crippen LogP contribution in [0.15, 0.2) is 24.3 Å². The van der Waals surface area contributed by atoms with Gasteiger partial charge in [-0.2, -0.15) is 0 Å². The van der Waals surface area contributed by atoms with Gasteiger partial charge in [0.05, 0.1) is 0 Å². The molecule has 0 radical (unpaired) electrons. The van der Waals surface area contributed by atoms with Crippen molar-refractivity contribution in [3.05, 3.63) is 24.3 Å². The maximum atomic E-state index is 11.0. The molecule has 2 atom stereocenters. The lowest BCUT2D eigenvalue weighted by Crippen LogP contribution is -2.42. The Morgan fingerprint density at radius 2 is 2.17 bits per heavy atom. The number of rotatable bonds is 3. The zero-order chi connectivity index (χ0) is 13.0. The van der Waals surface area contributed by atoms with Gasteiger partial charge in [-0.25, -0.2) is 0 Å². The number of hydrogen-bond donors (Lipinski definition) is 3. The monoisotopic (exact) mass is 247 g/mol. The number of hydrogen-bond acceptors (Lipinski definition) is 3. The van der Waals surface area contributed by atoms with Crippen LogP contribution in [0.2, 0.25) is 0 Å². The summed E-state index contributed by atoms with van der Waals surface area (Å²) in [6, 6.07) is 8.38. The summed E-state index contributed by atoms with van der Waals surface area (Å²) in [6.45, 7) is 5.90. The maximum absolute atomic E-state index is 11.0. The van der Waals surface area contributed by atoms with E-state index < -0.39 is 0 Å². The zero-order valence-electron chi connectivity index (χ0n) is 11.0. The highest BCUT2D eigenvalue weighted by atomic mass is 16.1. The standard InChI is InChI=1S/C14H21N3O/c1-10-9-15-7-6-14(10)17-13-5-3-4-12(8-13)16-11(2)18/h3-5,8,10,14-15,17H,6-7,9H2,1-2H3,(H,16,18). The van der Waals surface area contributed by atoms with Crippen LogP contribution >= 0.6 is 0 Å². The molecule has 1 aromatic rings. The Morgan fingerprint density at radius 1 is 1.39 bits per heavy atom. The molecule has 0 saturated carbocycles. The molecule has 0 bridgehead atoms. The molecule has 0 aliphatic carbocycles. The fourth-order valence-electron chi connectivity index (χ4n) is 2.33. The summed E-state index contributed by atoms with van der Waals surface area (Å²) < 4.78 is 0. The first-order valence-corrected chi connectivity index (χ1v) is 6.50. The number of benzene rings is 1. The summed E-state index contributed by atoms with van der Waals surface area (Å²) in [6.07, 6.45) is 1.13. The van der Waals surface area contributed by atoms with Crippen molar-refractivity contribution >= 4 is 17.3 Å². The lowest BCUT2D eigenvalue weighted by molar-refractivity contribution is -0.114. The molecule has 4 nitrogen and oxygen atoms in total. The molecule has 18 heavy (non-hydrogen) atoms. The Morgan fingerprint density at radius 3 is 2.89 bits per heavy atom. The SMILES string of the molecule is CC(=O)Nc1cccc(NC2CCNCC2C)c1. The average Bonchev–Trinajstić information content (AvgIpc) is 2.32. The number of anilines is 2. The predicted octanol–water partition coefficient (Wildman–Crippen LogP) is 2.05. The van der Waals surface area contributed by atoms with E-state index >= 15 is 0 Å². The van der Waals surface area contributed by atoms with Crippen LogP contribution in [0.25, 0.3) is 0 Å². The van der Waals surface area contributed by atoms with Crippen molar-refractivity contribution < 1.29 is 4.79 Å². The van der Waals surface area contributed by atoms with E-state index in [9.17, 15) is 4.79 Å². The molecule has 4 heteroatoms. The molecule has 1 aliphatic heterocycles. The Bertz CT molecular complexity index is 419. The van der Waals surface area contributed by atoms with Gasteiger partial charge in [0.2, 0.25) is 5.91 Å². The van der Waals surface area contributed by atoms with Crippen molar-refractivity contribution in [2.45, 2.75) is 26.3 Å². The van der Waals surface area contributed by atoms with E-state index in [1.54, 1.807) is 0 Å². The second kappa shape index (κ2) is 5.87. The minimum atomic E-state index is -0.0395. The van der Waals surface area contributed by atoms with Gasteiger partial charge in [0.15, 0.2) is 0 Å². The average molecular weight is 247 g/mol. The summed E-state index contributed by atoms with van der Waals surface area (Å²) in [7, 11) is 0. The lowest BCUT2D eigenvalue weighted by Gasteiger charge is -2.31. The van der Waals surface area contributed by atoms with E-state index in [0.29, 0.717) is 12.0 Å². The Hall–Kier alpha value is -1.55. The summed E-state index contributed by atoms with van der Waals surface area (Å²) in [5.41, 5.74) is 1.91. The third kappa shape index (κ3) is 3.47. The van der Waals surface area contributed by atoms with Crippen molar-refractivity contribution in [3.8, 4) is 0 Å². The van der Waals surface area contributed by atoms with Crippen molar-refractivity contribution in [3.63, 3.8) is 0 Å². The van der Waals surface area contributed by atoms with Crippen LogP contribution in [0, 0.1) is 5.92 Å². The van der Waals surface area contributed by atoms with Crippen molar-refractivity contribution in [1.29, 1.82) is 0 Å². The molecule has 2 rings (SSSR count). The summed E-state index contributed by atoms with van der Waals surface area (Å²) in [5.74, 6) is 0.575. The zero-order valence-corrected chi connectivity index (χ0v) is 11.0. The normalized spacial score (nSPS) is 23.4. The number of amides is 1. The molecule has 1 amide bonds. The van der Waals surface area contributed by atoms with Crippen LogP contribution in [0.1, 0.15) is 20.3 Å². The number of nitrogens with one attached hydrogen (secondary N) is 3. The fourth-order valence-corrected chi connectivity index (χ4v) is 2.33. The molecular weight excluding hydrogens is 226 g/mol. The Balaban J connectivity index is 2.02. The van der Waals surface area contributed by atoms with Crippen LogP contribution < -0.4 is 16.0 Å². The van der Waals surface area contributed by atoms with Gasteiger partial charge in [-0.3, -0.25) is 4.79 Å². The summed E-state index contributed by atoms with van der Waals surface area (Å²) >= 11 is 0. The number of carbonyl (C=O) groups is 1. The first-order chi connectivity index (χ1) is 8.65. The third-order valence-corrected chi connectivity index (χ3v) is 3.32. The van der Waals surface area contributed by atoms with E-state index in [1.807, 2.05) is 24.3 Å². The van der Waals surface area contributed by atoms with Crippen LogP contribution in [0.4, 0.5) is 11.4 Å². The largest absolute Gasteiger partial charge is 0.382 e. The highest BCUT2D eigenvalue weighted by Crippen LogP contribution is 2.20. The molecule has 1 fully saturated rings. The lowest BCUT2D eigenvalue weighted by atomic mass is 9.95. The van der Waals surface area contributed by atoms with E-state index in [1.165, 1.54) is 6.92 Å². The van der Waals surface area contributed by atoms with Gasteiger partial charge >= 0.3 is 0 Å². The van der Waals surface area contributed by atoms with Crippen LogP contribution in [0.5, 0.6) is 0 Å². The second-order valence-corrected chi connectivity index (χ2v) is 4.98. The molecule has 2 unspecified atom stereocenters.